The van der Waals surface area contributed by atoms with Gasteiger partial charge in [-0.15, -0.1) is 21.5 Å². The van der Waals surface area contributed by atoms with Crippen molar-refractivity contribution in [1.29, 1.82) is 5.26 Å². The summed E-state index contributed by atoms with van der Waals surface area (Å²) in [5.41, 5.74) is 2.37. The lowest BCUT2D eigenvalue weighted by Crippen LogP contribution is -2.36. The molecular formula is C26H12ClN7O3S. The van der Waals surface area contributed by atoms with E-state index < -0.39 is 11.5 Å². The number of rotatable bonds is 2. The molecule has 12 heteroatoms. The van der Waals surface area contributed by atoms with Crippen LogP contribution in [0.2, 0.25) is 5.15 Å². The number of benzene rings is 2. The monoisotopic (exact) mass is 537 g/mol. The van der Waals surface area contributed by atoms with Crippen molar-refractivity contribution in [2.75, 3.05) is 0 Å². The fourth-order valence-corrected chi connectivity index (χ4v) is 5.99. The number of aromatic hydroxyl groups is 1. The maximum absolute atomic E-state index is 13.7. The minimum absolute atomic E-state index is 0.0140. The van der Waals surface area contributed by atoms with E-state index in [1.807, 2.05) is 12.1 Å². The van der Waals surface area contributed by atoms with E-state index in [4.69, 9.17) is 16.0 Å². The number of nitriles is 1. The Morgan fingerprint density at radius 2 is 2.03 bits per heavy atom. The van der Waals surface area contributed by atoms with Crippen molar-refractivity contribution in [3.05, 3.63) is 96.4 Å². The second-order valence-corrected chi connectivity index (χ2v) is 9.81. The predicted octanol–water partition coefficient (Wildman–Crippen LogP) is 2.78. The molecule has 2 aromatic carbocycles. The van der Waals surface area contributed by atoms with Gasteiger partial charge in [0.15, 0.2) is 16.6 Å². The topological polar surface area (TPSA) is 144 Å². The number of hydrogen-bond donors (Lipinski definition) is 1. The molecule has 4 aromatic heterocycles. The Bertz CT molecular complexity index is 2140. The van der Waals surface area contributed by atoms with E-state index in [1.54, 1.807) is 42.6 Å². The van der Waals surface area contributed by atoms with Gasteiger partial charge in [-0.2, -0.15) is 5.26 Å². The molecule has 6 aromatic rings. The molecule has 0 radical (unpaired) electrons. The third-order valence-electron chi connectivity index (χ3n) is 6.32. The van der Waals surface area contributed by atoms with Gasteiger partial charge in [-0.1, -0.05) is 35.9 Å². The molecule has 1 aliphatic heterocycles. The molecule has 0 fully saturated rings. The summed E-state index contributed by atoms with van der Waals surface area (Å²) in [6.07, 6.45) is 3.28. The van der Waals surface area contributed by atoms with Crippen molar-refractivity contribution in [2.45, 2.75) is 5.92 Å². The highest BCUT2D eigenvalue weighted by atomic mass is 35.5. The predicted molar refractivity (Wildman–Crippen MR) is 139 cm³/mol. The fourth-order valence-electron chi connectivity index (χ4n) is 4.66. The second-order valence-electron chi connectivity index (χ2n) is 8.43. The van der Waals surface area contributed by atoms with E-state index in [2.05, 4.69) is 31.4 Å². The summed E-state index contributed by atoms with van der Waals surface area (Å²) in [6, 6.07) is 16.2. The molecule has 182 valence electrons. The van der Waals surface area contributed by atoms with Crippen LogP contribution < -0.4 is 14.8 Å². The zero-order valence-corrected chi connectivity index (χ0v) is 20.6. The van der Waals surface area contributed by atoms with Crippen LogP contribution in [0.25, 0.3) is 39.5 Å². The van der Waals surface area contributed by atoms with E-state index >= 15 is 0 Å². The maximum atomic E-state index is 13.7. The highest BCUT2D eigenvalue weighted by Crippen LogP contribution is 2.40. The Morgan fingerprint density at radius 1 is 1.16 bits per heavy atom. The Balaban J connectivity index is 1.56. The van der Waals surface area contributed by atoms with Gasteiger partial charge >= 0.3 is 0 Å². The summed E-state index contributed by atoms with van der Waals surface area (Å²) >= 11 is 7.62. The SMILES string of the molecule is N#CC1=c2s/c(=C/c3ccc(O)c4ncccc34)c(=O)n2-c2nnnc(Cl)c2C1c1nc2ccccc2o1. The number of oxazole rings is 1. The Morgan fingerprint density at radius 3 is 2.87 bits per heavy atom. The van der Waals surface area contributed by atoms with Gasteiger partial charge in [-0.25, -0.2) is 9.55 Å². The van der Waals surface area contributed by atoms with Crippen LogP contribution in [-0.4, -0.2) is 35.1 Å². The molecule has 1 N–H and O–H groups in total. The molecule has 7 rings (SSSR count). The summed E-state index contributed by atoms with van der Waals surface area (Å²) in [6.45, 7) is 0. The number of phenols is 1. The first kappa shape index (κ1) is 22.3. The fraction of sp³-hybridized carbons (Fsp3) is 0.0385. The minimum atomic E-state index is -0.845. The van der Waals surface area contributed by atoms with Gasteiger partial charge in [0, 0.05) is 11.6 Å². The molecular weight excluding hydrogens is 526 g/mol. The highest BCUT2D eigenvalue weighted by Gasteiger charge is 2.37. The molecule has 0 bridgehead atoms. The van der Waals surface area contributed by atoms with Gasteiger partial charge in [-0.3, -0.25) is 9.78 Å². The molecule has 1 unspecified atom stereocenters. The Labute approximate surface area is 221 Å². The molecule has 5 heterocycles. The van der Waals surface area contributed by atoms with Crippen LogP contribution in [0.3, 0.4) is 0 Å². The van der Waals surface area contributed by atoms with Gasteiger partial charge in [-0.05, 0) is 41.1 Å². The van der Waals surface area contributed by atoms with E-state index in [9.17, 15) is 15.2 Å². The minimum Gasteiger partial charge on any atom is -0.506 e. The third-order valence-corrected chi connectivity index (χ3v) is 7.71. The molecule has 0 spiro atoms. The van der Waals surface area contributed by atoms with Gasteiger partial charge < -0.3 is 9.52 Å². The van der Waals surface area contributed by atoms with Crippen molar-refractivity contribution in [2.24, 2.45) is 0 Å². The number of hydrogen-bond acceptors (Lipinski definition) is 10. The molecule has 1 aliphatic rings. The lowest BCUT2D eigenvalue weighted by molar-refractivity contribution is 0.480. The Kier molecular flexibility index (Phi) is 4.87. The van der Waals surface area contributed by atoms with Crippen molar-refractivity contribution < 1.29 is 9.52 Å². The van der Waals surface area contributed by atoms with Gasteiger partial charge in [0.1, 0.15) is 27.4 Å². The Hall–Kier alpha value is -4.92. The van der Waals surface area contributed by atoms with Crippen molar-refractivity contribution in [3.8, 4) is 17.6 Å². The number of nitrogens with zero attached hydrogens (tertiary/aromatic N) is 7. The highest BCUT2D eigenvalue weighted by molar-refractivity contribution is 7.07. The van der Waals surface area contributed by atoms with Crippen LogP contribution in [0, 0.1) is 11.3 Å². The van der Waals surface area contributed by atoms with Crippen molar-refractivity contribution >= 4 is 56.6 Å². The summed E-state index contributed by atoms with van der Waals surface area (Å²) in [7, 11) is 0. The molecule has 10 nitrogen and oxygen atoms in total. The third kappa shape index (κ3) is 3.18. The van der Waals surface area contributed by atoms with Crippen LogP contribution in [0.15, 0.2) is 63.9 Å². The van der Waals surface area contributed by atoms with Gasteiger partial charge in [0.05, 0.1) is 21.7 Å². The standard InChI is InChI=1S/C26H12ClN7O3S/c27-22-20-19(24-30-15-5-1-2-6-17(15)37-24)14(11-28)26-34(23(20)32-33-31-22)25(36)18(38-26)10-12-7-8-16(35)21-13(12)4-3-9-29-21/h1-10,19,35H/b18-10+. The number of halogens is 1. The number of phenolic OH excluding ortho intramolecular Hbond substituents is 1. The molecule has 1 atom stereocenters. The average molecular weight is 538 g/mol. The zero-order chi connectivity index (χ0) is 26.0. The number of pyridine rings is 1. The molecule has 0 saturated carbocycles. The smallest absolute Gasteiger partial charge is 0.274 e. The van der Waals surface area contributed by atoms with Crippen LogP contribution in [-0.2, 0) is 0 Å². The summed E-state index contributed by atoms with van der Waals surface area (Å²) in [5.74, 6) is -0.423. The number of para-hydroxylation sites is 2. The van der Waals surface area contributed by atoms with E-state index in [0.717, 1.165) is 11.3 Å². The normalized spacial score (nSPS) is 15.0. The van der Waals surface area contributed by atoms with Crippen molar-refractivity contribution in [3.63, 3.8) is 0 Å². The van der Waals surface area contributed by atoms with E-state index in [-0.39, 0.29) is 28.2 Å². The largest absolute Gasteiger partial charge is 0.506 e. The van der Waals surface area contributed by atoms with Crippen LogP contribution >= 0.6 is 22.9 Å². The van der Waals surface area contributed by atoms with Crippen LogP contribution in [0.4, 0.5) is 0 Å². The first-order valence-electron chi connectivity index (χ1n) is 11.2. The van der Waals surface area contributed by atoms with E-state index in [0.29, 0.717) is 42.3 Å². The molecule has 0 aliphatic carbocycles. The molecule has 38 heavy (non-hydrogen) atoms. The number of aromatic nitrogens is 6. The molecule has 0 saturated heterocycles. The van der Waals surface area contributed by atoms with Gasteiger partial charge in [0.2, 0.25) is 5.89 Å². The molecule has 0 amide bonds. The average Bonchev–Trinajstić information content (AvgIpc) is 3.51. The second kappa shape index (κ2) is 8.31. The zero-order valence-electron chi connectivity index (χ0n) is 19.0. The summed E-state index contributed by atoms with van der Waals surface area (Å²) in [4.78, 5) is 22.6. The summed E-state index contributed by atoms with van der Waals surface area (Å²) < 4.78 is 8.04. The van der Waals surface area contributed by atoms with E-state index in [1.165, 1.54) is 10.6 Å². The quantitative estimate of drug-likeness (QED) is 0.352. The van der Waals surface area contributed by atoms with Gasteiger partial charge in [0.25, 0.3) is 5.56 Å². The lowest BCUT2D eigenvalue weighted by atomic mass is 9.91. The number of fused-ring (bicyclic) bond motifs is 5. The summed E-state index contributed by atoms with van der Waals surface area (Å²) in [5, 5.41) is 32.9. The van der Waals surface area contributed by atoms with Crippen LogP contribution in [0.5, 0.6) is 5.75 Å². The maximum Gasteiger partial charge on any atom is 0.274 e. The number of thiazole rings is 1. The van der Waals surface area contributed by atoms with Crippen molar-refractivity contribution in [1.82, 2.24) is 29.9 Å². The first-order valence-corrected chi connectivity index (χ1v) is 12.4. The first-order chi connectivity index (χ1) is 18.5. The lowest BCUT2D eigenvalue weighted by Gasteiger charge is -2.20. The van der Waals surface area contributed by atoms with Crippen LogP contribution in [0.1, 0.15) is 22.9 Å².